The van der Waals surface area contributed by atoms with E-state index in [-0.39, 0.29) is 6.10 Å². The smallest absolute Gasteiger partial charge is 0.162 e. The molecule has 150 valence electrons. The summed E-state index contributed by atoms with van der Waals surface area (Å²) in [4.78, 5) is 0. The molecule has 1 aliphatic rings. The Hall–Kier alpha value is -2.05. The lowest BCUT2D eigenvalue weighted by molar-refractivity contribution is 0.00256. The van der Waals surface area contributed by atoms with E-state index in [2.05, 4.69) is 15.9 Å². The van der Waals surface area contributed by atoms with Crippen LogP contribution in [-0.4, -0.2) is 24.4 Å². The van der Waals surface area contributed by atoms with Gasteiger partial charge in [0.25, 0.3) is 0 Å². The van der Waals surface area contributed by atoms with Gasteiger partial charge in [-0.1, -0.05) is 63.9 Å². The van der Waals surface area contributed by atoms with Crippen molar-refractivity contribution in [1.29, 1.82) is 0 Å². The van der Waals surface area contributed by atoms with Crippen LogP contribution in [0, 0.1) is 0 Å². The lowest BCUT2D eigenvalue weighted by Crippen LogP contribution is -2.33. The summed E-state index contributed by atoms with van der Waals surface area (Å²) in [5.74, 6) is 1.24. The third-order valence-corrected chi connectivity index (χ3v) is 5.51. The zero-order chi connectivity index (χ0) is 20.2. The molecule has 2 unspecified atom stereocenters. The van der Waals surface area contributed by atoms with Crippen LogP contribution in [0.2, 0.25) is 5.02 Å². The Bertz CT molecular complexity index is 980. The molecule has 4 rings (SSSR count). The molecule has 0 fully saturated rings. The number of rotatable bonds is 6. The molecule has 0 spiro atoms. The fourth-order valence-electron chi connectivity index (χ4n) is 3.17. The van der Waals surface area contributed by atoms with Gasteiger partial charge in [0.15, 0.2) is 17.6 Å². The Kier molecular flexibility index (Phi) is 6.40. The molecule has 0 saturated carbocycles. The highest BCUT2D eigenvalue weighted by molar-refractivity contribution is 9.10. The van der Waals surface area contributed by atoms with E-state index in [0.717, 1.165) is 10.0 Å². The van der Waals surface area contributed by atoms with Gasteiger partial charge in [0.1, 0.15) is 12.7 Å². The van der Waals surface area contributed by atoms with Crippen LogP contribution in [0.4, 0.5) is 0 Å². The van der Waals surface area contributed by atoms with Gasteiger partial charge in [0.05, 0.1) is 13.2 Å². The second-order valence-electron chi connectivity index (χ2n) is 6.83. The number of halogens is 2. The van der Waals surface area contributed by atoms with Crippen LogP contribution in [0.15, 0.2) is 71.2 Å². The molecule has 4 nitrogen and oxygen atoms in total. The Morgan fingerprint density at radius 1 is 1.07 bits per heavy atom. The molecule has 3 aromatic rings. The fraction of sp³-hybridized carbons (Fsp3) is 0.217. The summed E-state index contributed by atoms with van der Waals surface area (Å²) in [5.41, 5.74) is 2.42. The average molecular weight is 476 g/mol. The van der Waals surface area contributed by atoms with Gasteiger partial charge in [0.2, 0.25) is 0 Å². The van der Waals surface area contributed by atoms with Crippen molar-refractivity contribution in [3.8, 4) is 11.5 Å². The molecule has 1 N–H and O–H groups in total. The van der Waals surface area contributed by atoms with E-state index >= 15 is 0 Å². The van der Waals surface area contributed by atoms with Crippen molar-refractivity contribution in [3.05, 3.63) is 92.9 Å². The minimum atomic E-state index is -0.872. The van der Waals surface area contributed by atoms with Crippen molar-refractivity contribution in [2.24, 2.45) is 0 Å². The lowest BCUT2D eigenvalue weighted by atomic mass is 10.0. The van der Waals surface area contributed by atoms with E-state index in [1.54, 1.807) is 18.2 Å². The minimum absolute atomic E-state index is 0.215. The predicted molar refractivity (Wildman–Crippen MR) is 116 cm³/mol. The van der Waals surface area contributed by atoms with Gasteiger partial charge in [0, 0.05) is 15.1 Å². The highest BCUT2D eigenvalue weighted by atomic mass is 79.9. The molecule has 2 atom stereocenters. The molecule has 0 saturated heterocycles. The Labute approximate surface area is 183 Å². The summed E-state index contributed by atoms with van der Waals surface area (Å²) >= 11 is 9.68. The highest BCUT2D eigenvalue weighted by Gasteiger charge is 2.23. The maximum atomic E-state index is 10.8. The van der Waals surface area contributed by atoms with Crippen LogP contribution >= 0.6 is 27.5 Å². The Morgan fingerprint density at radius 2 is 1.90 bits per heavy atom. The van der Waals surface area contributed by atoms with Gasteiger partial charge < -0.3 is 19.3 Å². The van der Waals surface area contributed by atoms with Gasteiger partial charge in [-0.25, -0.2) is 0 Å². The Balaban J connectivity index is 1.43. The number of fused-ring (bicyclic) bond motifs is 1. The van der Waals surface area contributed by atoms with Gasteiger partial charge in [-0.15, -0.1) is 0 Å². The fourth-order valence-corrected chi connectivity index (χ4v) is 3.77. The van der Waals surface area contributed by atoms with Crippen molar-refractivity contribution in [2.45, 2.75) is 18.8 Å². The van der Waals surface area contributed by atoms with Gasteiger partial charge in [-0.05, 0) is 41.5 Å². The zero-order valence-electron chi connectivity index (χ0n) is 15.6. The molecule has 0 bridgehead atoms. The van der Waals surface area contributed by atoms with Crippen molar-refractivity contribution in [3.63, 3.8) is 0 Å². The van der Waals surface area contributed by atoms with Gasteiger partial charge in [-0.3, -0.25) is 0 Å². The maximum absolute atomic E-state index is 10.8. The molecule has 6 heteroatoms. The summed E-state index contributed by atoms with van der Waals surface area (Å²) in [7, 11) is 0. The van der Waals surface area contributed by atoms with E-state index in [1.807, 2.05) is 48.5 Å². The first-order valence-corrected chi connectivity index (χ1v) is 10.5. The second kappa shape index (κ2) is 9.18. The van der Waals surface area contributed by atoms with E-state index in [0.29, 0.717) is 47.5 Å². The minimum Gasteiger partial charge on any atom is -0.486 e. The first-order valence-electron chi connectivity index (χ1n) is 9.28. The van der Waals surface area contributed by atoms with Crippen LogP contribution in [0.5, 0.6) is 11.5 Å². The van der Waals surface area contributed by atoms with Crippen molar-refractivity contribution < 1.29 is 19.3 Å². The highest BCUT2D eigenvalue weighted by Crippen LogP contribution is 2.37. The normalized spacial score (nSPS) is 16.4. The average Bonchev–Trinajstić information content (AvgIpc) is 2.75. The van der Waals surface area contributed by atoms with E-state index < -0.39 is 6.10 Å². The van der Waals surface area contributed by atoms with E-state index in [4.69, 9.17) is 25.8 Å². The molecular weight excluding hydrogens is 456 g/mol. The van der Waals surface area contributed by atoms with Crippen LogP contribution in [-0.2, 0) is 11.3 Å². The largest absolute Gasteiger partial charge is 0.486 e. The number of hydrogen-bond donors (Lipinski definition) is 1. The monoisotopic (exact) mass is 474 g/mol. The molecule has 3 aromatic carbocycles. The zero-order valence-corrected chi connectivity index (χ0v) is 17.9. The van der Waals surface area contributed by atoms with Gasteiger partial charge >= 0.3 is 0 Å². The van der Waals surface area contributed by atoms with E-state index in [1.165, 1.54) is 0 Å². The third-order valence-electron chi connectivity index (χ3n) is 4.67. The number of aliphatic hydroxyl groups is 1. The van der Waals surface area contributed by atoms with Crippen LogP contribution in [0.25, 0.3) is 0 Å². The predicted octanol–water partition coefficient (Wildman–Crippen LogP) is 5.54. The van der Waals surface area contributed by atoms with E-state index in [9.17, 15) is 5.11 Å². The molecule has 0 aliphatic carbocycles. The van der Waals surface area contributed by atoms with Crippen molar-refractivity contribution in [2.75, 3.05) is 13.2 Å². The molecule has 0 aromatic heterocycles. The number of ether oxygens (including phenoxy) is 3. The quantitative estimate of drug-likeness (QED) is 0.508. The molecular formula is C23H20BrClO4. The molecule has 0 radical (unpaired) electrons. The summed E-state index contributed by atoms with van der Waals surface area (Å²) in [6.45, 7) is 1.35. The summed E-state index contributed by atoms with van der Waals surface area (Å²) in [5, 5.41) is 11.3. The van der Waals surface area contributed by atoms with Crippen LogP contribution < -0.4 is 9.47 Å². The maximum Gasteiger partial charge on any atom is 0.162 e. The van der Waals surface area contributed by atoms with Crippen molar-refractivity contribution in [1.82, 2.24) is 0 Å². The SMILES string of the molecule is OC(c1ccc2c(c1)OC(COCc1ccccc1)CO2)c1cc(Br)ccc1Cl. The van der Waals surface area contributed by atoms with Crippen LogP contribution in [0.1, 0.15) is 22.8 Å². The topological polar surface area (TPSA) is 47.9 Å². The lowest BCUT2D eigenvalue weighted by Gasteiger charge is -2.27. The standard InChI is InChI=1S/C23H20BrClO4/c24-17-7-8-20(25)19(11-17)23(26)16-6-9-21-22(10-16)29-18(14-28-21)13-27-12-15-4-2-1-3-5-15/h1-11,18,23,26H,12-14H2. The summed E-state index contributed by atoms with van der Waals surface area (Å²) in [6.07, 6.45) is -1.09. The number of hydrogen-bond acceptors (Lipinski definition) is 4. The van der Waals surface area contributed by atoms with Crippen LogP contribution in [0.3, 0.4) is 0 Å². The number of benzene rings is 3. The molecule has 1 aliphatic heterocycles. The third kappa shape index (κ3) is 4.93. The first-order chi connectivity index (χ1) is 14.1. The number of aliphatic hydroxyl groups excluding tert-OH is 1. The second-order valence-corrected chi connectivity index (χ2v) is 8.15. The summed E-state index contributed by atoms with van der Waals surface area (Å²) in [6, 6.07) is 20.8. The Morgan fingerprint density at radius 3 is 2.72 bits per heavy atom. The molecule has 1 heterocycles. The molecule has 29 heavy (non-hydrogen) atoms. The summed E-state index contributed by atoms with van der Waals surface area (Å²) < 4.78 is 18.5. The molecule has 0 amide bonds. The van der Waals surface area contributed by atoms with Gasteiger partial charge in [-0.2, -0.15) is 0 Å². The van der Waals surface area contributed by atoms with Crippen molar-refractivity contribution >= 4 is 27.5 Å². The first kappa shape index (κ1) is 20.2.